The Bertz CT molecular complexity index is 381. The molecule has 1 aromatic heterocycles. The molecule has 0 saturated carbocycles. The van der Waals surface area contributed by atoms with E-state index in [0.29, 0.717) is 5.56 Å². The first-order chi connectivity index (χ1) is 7.17. The summed E-state index contributed by atoms with van der Waals surface area (Å²) >= 11 is 0. The van der Waals surface area contributed by atoms with Crippen molar-refractivity contribution in [1.82, 2.24) is 0 Å². The van der Waals surface area contributed by atoms with Crippen molar-refractivity contribution in [3.8, 4) is 0 Å². The summed E-state index contributed by atoms with van der Waals surface area (Å²) in [4.78, 5) is 22.1. The summed E-state index contributed by atoms with van der Waals surface area (Å²) in [6.45, 7) is 0.0708. The van der Waals surface area contributed by atoms with Crippen LogP contribution in [0.1, 0.15) is 10.4 Å². The van der Waals surface area contributed by atoms with Gasteiger partial charge in [0, 0.05) is 6.07 Å². The number of carbonyl (C=O) groups is 2. The smallest absolute Gasteiger partial charge is 0.372 e. The largest absolute Gasteiger partial charge is 1.00 e. The van der Waals surface area contributed by atoms with Crippen LogP contribution in [0, 0.1) is 0 Å². The average Bonchev–Trinajstić information content (AvgIpc) is 2.28. The Morgan fingerprint density at radius 3 is 2.56 bits per heavy atom. The van der Waals surface area contributed by atoms with Gasteiger partial charge in [-0.2, -0.15) is 4.57 Å². The molecule has 6 heteroatoms. The molecule has 0 aliphatic rings. The van der Waals surface area contributed by atoms with Crippen LogP contribution in [0.25, 0.3) is 0 Å². The first-order valence-electron chi connectivity index (χ1n) is 4.31. The van der Waals surface area contributed by atoms with Crippen molar-refractivity contribution >= 4 is 11.9 Å². The average molecular weight is 337 g/mol. The van der Waals surface area contributed by atoms with E-state index in [0.717, 1.165) is 0 Å². The van der Waals surface area contributed by atoms with E-state index in [2.05, 4.69) is 9.47 Å². The molecule has 5 nitrogen and oxygen atoms in total. The highest BCUT2D eigenvalue weighted by Gasteiger charge is 2.13. The van der Waals surface area contributed by atoms with Crippen molar-refractivity contribution in [2.45, 2.75) is 6.54 Å². The number of methoxy groups -OCH3 is 2. The number of hydrogen-bond acceptors (Lipinski definition) is 4. The standard InChI is InChI=1S/C10H12NO4.HI/c1-14-9(12)7-11-5-3-4-8(6-11)10(13)15-2;/h3-6H,7H2,1-2H3;1H/q+1;/p-1. The van der Waals surface area contributed by atoms with Crippen molar-refractivity contribution < 1.29 is 47.6 Å². The minimum Gasteiger partial charge on any atom is -1.00 e. The van der Waals surface area contributed by atoms with Crippen LogP contribution in [0.3, 0.4) is 0 Å². The lowest BCUT2D eigenvalue weighted by molar-refractivity contribution is -0.686. The molecule has 1 aromatic rings. The highest BCUT2D eigenvalue weighted by molar-refractivity contribution is 5.88. The molecular weight excluding hydrogens is 325 g/mol. The molecule has 0 amide bonds. The molecule has 0 aromatic carbocycles. The first kappa shape index (κ1) is 14.8. The van der Waals surface area contributed by atoms with Crippen LogP contribution in [0.5, 0.6) is 0 Å². The van der Waals surface area contributed by atoms with E-state index in [-0.39, 0.29) is 36.5 Å². The van der Waals surface area contributed by atoms with Crippen LogP contribution in [0.4, 0.5) is 0 Å². The number of pyridine rings is 1. The number of esters is 2. The van der Waals surface area contributed by atoms with Crippen LogP contribution >= 0.6 is 0 Å². The summed E-state index contributed by atoms with van der Waals surface area (Å²) in [5, 5.41) is 0. The molecule has 0 atom stereocenters. The molecule has 0 radical (unpaired) electrons. The van der Waals surface area contributed by atoms with E-state index in [4.69, 9.17) is 0 Å². The first-order valence-corrected chi connectivity index (χ1v) is 4.31. The predicted octanol–water partition coefficient (Wildman–Crippen LogP) is -3.06. The van der Waals surface area contributed by atoms with Crippen molar-refractivity contribution in [2.75, 3.05) is 14.2 Å². The summed E-state index contributed by atoms with van der Waals surface area (Å²) < 4.78 is 10.6. The molecule has 0 bridgehead atoms. The maximum Gasteiger partial charge on any atom is 0.372 e. The lowest BCUT2D eigenvalue weighted by atomic mass is 10.3. The number of ether oxygens (including phenoxy) is 2. The Kier molecular flexibility index (Phi) is 6.63. The Hall–Kier alpha value is -1.18. The van der Waals surface area contributed by atoms with Gasteiger partial charge in [-0.3, -0.25) is 0 Å². The van der Waals surface area contributed by atoms with Crippen LogP contribution in [0.15, 0.2) is 24.5 Å². The third-order valence-corrected chi connectivity index (χ3v) is 1.82. The van der Waals surface area contributed by atoms with E-state index in [1.54, 1.807) is 22.9 Å². The van der Waals surface area contributed by atoms with Gasteiger partial charge in [-0.25, -0.2) is 9.59 Å². The third-order valence-electron chi connectivity index (χ3n) is 1.82. The molecular formula is C10H12INO4. The number of halogens is 1. The van der Waals surface area contributed by atoms with Gasteiger partial charge in [0.15, 0.2) is 12.4 Å². The molecule has 16 heavy (non-hydrogen) atoms. The zero-order valence-corrected chi connectivity index (χ0v) is 11.1. The van der Waals surface area contributed by atoms with Crippen molar-refractivity contribution in [3.63, 3.8) is 0 Å². The van der Waals surface area contributed by atoms with Gasteiger partial charge in [0.1, 0.15) is 5.56 Å². The lowest BCUT2D eigenvalue weighted by Gasteiger charge is -1.98. The normalized spacial score (nSPS) is 8.88. The highest BCUT2D eigenvalue weighted by Crippen LogP contribution is 1.96. The fraction of sp³-hybridized carbons (Fsp3) is 0.300. The number of hydrogen-bond donors (Lipinski definition) is 0. The summed E-state index contributed by atoms with van der Waals surface area (Å²) in [5.74, 6) is -0.809. The van der Waals surface area contributed by atoms with Gasteiger partial charge in [0.25, 0.3) is 0 Å². The van der Waals surface area contributed by atoms with Gasteiger partial charge in [-0.1, -0.05) is 0 Å². The summed E-state index contributed by atoms with van der Waals surface area (Å²) in [5.41, 5.74) is 0.393. The SMILES string of the molecule is COC(=O)C[n+]1cccc(C(=O)OC)c1.[I-]. The van der Waals surface area contributed by atoms with Crippen LogP contribution in [-0.2, 0) is 20.8 Å². The Morgan fingerprint density at radius 1 is 1.31 bits per heavy atom. The Balaban J connectivity index is 0.00000225. The molecule has 1 rings (SSSR count). The van der Waals surface area contributed by atoms with Crippen molar-refractivity contribution in [2.24, 2.45) is 0 Å². The zero-order chi connectivity index (χ0) is 11.3. The van der Waals surface area contributed by atoms with Crippen LogP contribution in [0.2, 0.25) is 0 Å². The van der Waals surface area contributed by atoms with E-state index < -0.39 is 5.97 Å². The van der Waals surface area contributed by atoms with Gasteiger partial charge >= 0.3 is 11.9 Å². The third kappa shape index (κ3) is 4.13. The molecule has 0 aliphatic heterocycles. The maximum atomic E-state index is 11.2. The van der Waals surface area contributed by atoms with Crippen molar-refractivity contribution in [1.29, 1.82) is 0 Å². The minimum absolute atomic E-state index is 0. The van der Waals surface area contributed by atoms with Gasteiger partial charge < -0.3 is 33.5 Å². The minimum atomic E-state index is -0.436. The quantitative estimate of drug-likeness (QED) is 0.334. The number of aromatic nitrogens is 1. The second-order valence-electron chi connectivity index (χ2n) is 2.83. The summed E-state index contributed by atoms with van der Waals surface area (Å²) in [7, 11) is 2.62. The van der Waals surface area contributed by atoms with Crippen LogP contribution in [-0.4, -0.2) is 26.2 Å². The molecule has 1 heterocycles. The second-order valence-corrected chi connectivity index (χ2v) is 2.83. The maximum absolute atomic E-state index is 11.2. The summed E-state index contributed by atoms with van der Waals surface area (Å²) in [6.07, 6.45) is 3.20. The molecule has 0 aliphatic carbocycles. The van der Waals surface area contributed by atoms with E-state index >= 15 is 0 Å². The number of carbonyl (C=O) groups excluding carboxylic acids is 2. The van der Waals surface area contributed by atoms with Crippen LogP contribution < -0.4 is 28.5 Å². The Morgan fingerprint density at radius 2 is 2.00 bits per heavy atom. The highest BCUT2D eigenvalue weighted by atomic mass is 127. The number of rotatable bonds is 3. The number of nitrogens with zero attached hydrogens (tertiary/aromatic N) is 1. The topological polar surface area (TPSA) is 56.5 Å². The molecule has 0 N–H and O–H groups in total. The van der Waals surface area contributed by atoms with E-state index in [1.807, 2.05) is 0 Å². The van der Waals surface area contributed by atoms with E-state index in [9.17, 15) is 9.59 Å². The van der Waals surface area contributed by atoms with Gasteiger partial charge in [-0.05, 0) is 6.07 Å². The van der Waals surface area contributed by atoms with Crippen molar-refractivity contribution in [3.05, 3.63) is 30.1 Å². The fourth-order valence-corrected chi connectivity index (χ4v) is 1.07. The van der Waals surface area contributed by atoms with E-state index in [1.165, 1.54) is 20.4 Å². The molecule has 0 unspecified atom stereocenters. The predicted molar refractivity (Wildman–Crippen MR) is 50.0 cm³/mol. The lowest BCUT2D eigenvalue weighted by Crippen LogP contribution is -3.00. The fourth-order valence-electron chi connectivity index (χ4n) is 1.07. The molecule has 0 saturated heterocycles. The van der Waals surface area contributed by atoms with Gasteiger partial charge in [0.2, 0.25) is 6.54 Å². The molecule has 0 spiro atoms. The Labute approximate surface area is 110 Å². The van der Waals surface area contributed by atoms with Gasteiger partial charge in [-0.15, -0.1) is 0 Å². The molecule has 0 fully saturated rings. The van der Waals surface area contributed by atoms with Gasteiger partial charge in [0.05, 0.1) is 14.2 Å². The second kappa shape index (κ2) is 7.15. The molecule has 88 valence electrons. The summed E-state index contributed by atoms with van der Waals surface area (Å²) in [6, 6.07) is 3.27. The monoisotopic (exact) mass is 337 g/mol. The zero-order valence-electron chi connectivity index (χ0n) is 8.97.